The molecule has 1 saturated heterocycles. The minimum atomic E-state index is -1.61. The lowest BCUT2D eigenvalue weighted by molar-refractivity contribution is -0.385. The van der Waals surface area contributed by atoms with Gasteiger partial charge in [0.2, 0.25) is 11.8 Å². The van der Waals surface area contributed by atoms with E-state index >= 15 is 0 Å². The Kier molecular flexibility index (Phi) is 7.69. The van der Waals surface area contributed by atoms with Gasteiger partial charge in [-0.25, -0.2) is 9.59 Å². The van der Waals surface area contributed by atoms with Crippen LogP contribution in [-0.4, -0.2) is 66.9 Å². The van der Waals surface area contributed by atoms with Crippen LogP contribution in [0.5, 0.6) is 0 Å². The first kappa shape index (κ1) is 26.0. The third-order valence-electron chi connectivity index (χ3n) is 5.51. The van der Waals surface area contributed by atoms with Crippen molar-refractivity contribution in [2.45, 2.75) is 22.7 Å². The van der Waals surface area contributed by atoms with Crippen molar-refractivity contribution < 1.29 is 39.1 Å². The van der Waals surface area contributed by atoms with Gasteiger partial charge >= 0.3 is 12.1 Å². The summed E-state index contributed by atoms with van der Waals surface area (Å²) in [7, 11) is 0. The molecular formula is C23H19N3O9S2. The third kappa shape index (κ3) is 5.70. The minimum Gasteiger partial charge on any atom is -0.477 e. The van der Waals surface area contributed by atoms with Crippen LogP contribution >= 0.6 is 23.5 Å². The molecule has 3 N–H and O–H groups in total. The number of amides is 2. The fourth-order valence-electron chi connectivity index (χ4n) is 3.82. The number of ether oxygens (including phenoxy) is 1. The second-order valence-electron chi connectivity index (χ2n) is 7.92. The topological polar surface area (TPSA) is 176 Å². The van der Waals surface area contributed by atoms with Crippen LogP contribution in [-0.2, 0) is 20.7 Å². The minimum absolute atomic E-state index is 0.0891. The Morgan fingerprint density at radius 3 is 2.57 bits per heavy atom. The molecule has 2 aliphatic heterocycles. The van der Waals surface area contributed by atoms with E-state index in [-0.39, 0.29) is 29.7 Å². The number of rotatable bonds is 9. The summed E-state index contributed by atoms with van der Waals surface area (Å²) >= 11 is 2.44. The smallest absolute Gasteiger partial charge is 0.477 e. The Balaban J connectivity index is 1.48. The van der Waals surface area contributed by atoms with Gasteiger partial charge in [0.1, 0.15) is 17.0 Å². The average Bonchev–Trinajstić information content (AvgIpc) is 2.86. The van der Waals surface area contributed by atoms with E-state index in [1.165, 1.54) is 22.7 Å². The standard InChI is InChI=1S/C23H19N3O9S2/c27-17(8-12-4-2-1-3-5-12)24-18-19(28)25-20(35-23(31)32)13(11-37-21(18)25)10-36-14-6-7-16(26(33)34)15(9-14)22(29)30/h1-7,9,18,21H,8,10-11H2,(H,24,27)(H,29,30)(H,31,32)/t18-,21+/m1/s1. The summed E-state index contributed by atoms with van der Waals surface area (Å²) in [6, 6.07) is 11.8. The van der Waals surface area contributed by atoms with E-state index in [9.17, 15) is 39.5 Å². The first-order valence-corrected chi connectivity index (χ1v) is 12.7. The van der Waals surface area contributed by atoms with E-state index in [0.717, 1.165) is 29.5 Å². The third-order valence-corrected chi connectivity index (χ3v) is 7.93. The van der Waals surface area contributed by atoms with Gasteiger partial charge in [-0.1, -0.05) is 30.3 Å². The maximum absolute atomic E-state index is 12.9. The Morgan fingerprint density at radius 2 is 1.92 bits per heavy atom. The van der Waals surface area contributed by atoms with Crippen LogP contribution in [0.2, 0.25) is 0 Å². The number of aromatic carboxylic acids is 1. The Hall–Kier alpha value is -4.04. The number of β-lactam (4-membered cyclic amide) rings is 1. The van der Waals surface area contributed by atoms with Crippen molar-refractivity contribution in [2.75, 3.05) is 11.5 Å². The van der Waals surface area contributed by atoms with Crippen molar-refractivity contribution in [3.8, 4) is 0 Å². The van der Waals surface area contributed by atoms with E-state index in [0.29, 0.717) is 10.5 Å². The summed E-state index contributed by atoms with van der Waals surface area (Å²) in [5.41, 5.74) is 0.224. The van der Waals surface area contributed by atoms with Crippen LogP contribution in [0, 0.1) is 10.1 Å². The van der Waals surface area contributed by atoms with Crippen LogP contribution < -0.4 is 5.32 Å². The maximum atomic E-state index is 12.9. The fourth-order valence-corrected chi connectivity index (χ4v) is 6.20. The van der Waals surface area contributed by atoms with Crippen molar-refractivity contribution in [1.29, 1.82) is 0 Å². The molecule has 0 radical (unpaired) electrons. The van der Waals surface area contributed by atoms with Crippen molar-refractivity contribution in [2.24, 2.45) is 0 Å². The molecule has 2 heterocycles. The number of carboxylic acid groups (broad SMARTS) is 2. The van der Waals surface area contributed by atoms with Crippen LogP contribution in [0.3, 0.4) is 0 Å². The van der Waals surface area contributed by atoms with Crippen LogP contribution in [0.15, 0.2) is 64.9 Å². The first-order valence-electron chi connectivity index (χ1n) is 10.7. The number of carboxylic acids is 1. The van der Waals surface area contributed by atoms with Gasteiger partial charge in [0.25, 0.3) is 11.6 Å². The zero-order chi connectivity index (χ0) is 26.7. The van der Waals surface area contributed by atoms with E-state index in [2.05, 4.69) is 5.32 Å². The number of carbonyl (C=O) groups excluding carboxylic acids is 2. The van der Waals surface area contributed by atoms with Crippen molar-refractivity contribution >= 4 is 53.2 Å². The molecule has 12 nitrogen and oxygen atoms in total. The van der Waals surface area contributed by atoms with Crippen LogP contribution in [0.4, 0.5) is 10.5 Å². The molecule has 14 heteroatoms. The van der Waals surface area contributed by atoms with Crippen molar-refractivity contribution in [3.63, 3.8) is 0 Å². The lowest BCUT2D eigenvalue weighted by atomic mass is 10.1. The number of fused-ring (bicyclic) bond motifs is 1. The molecule has 0 aromatic heterocycles. The Morgan fingerprint density at radius 1 is 1.19 bits per heavy atom. The number of hydrogen-bond donors (Lipinski definition) is 3. The largest absolute Gasteiger partial charge is 0.512 e. The molecule has 2 atom stereocenters. The molecule has 192 valence electrons. The Labute approximate surface area is 217 Å². The molecule has 2 aliphatic rings. The number of nitro benzene ring substituents is 1. The van der Waals surface area contributed by atoms with Gasteiger partial charge in [0, 0.05) is 28.0 Å². The summed E-state index contributed by atoms with van der Waals surface area (Å²) in [4.78, 5) is 59.9. The predicted molar refractivity (Wildman–Crippen MR) is 132 cm³/mol. The highest BCUT2D eigenvalue weighted by Crippen LogP contribution is 2.42. The zero-order valence-electron chi connectivity index (χ0n) is 18.9. The molecule has 4 rings (SSSR count). The van der Waals surface area contributed by atoms with Crippen LogP contribution in [0.1, 0.15) is 15.9 Å². The van der Waals surface area contributed by atoms with E-state index in [1.54, 1.807) is 24.3 Å². The molecular weight excluding hydrogens is 526 g/mol. The van der Waals surface area contributed by atoms with Gasteiger partial charge in [-0.3, -0.25) is 24.6 Å². The molecule has 0 bridgehead atoms. The Bertz CT molecular complexity index is 1320. The van der Waals surface area contributed by atoms with Gasteiger partial charge < -0.3 is 20.3 Å². The average molecular weight is 546 g/mol. The molecule has 0 unspecified atom stereocenters. The first-order chi connectivity index (χ1) is 17.7. The van der Waals surface area contributed by atoms with Crippen LogP contribution in [0.25, 0.3) is 0 Å². The number of nitro groups is 1. The number of nitrogens with one attached hydrogen (secondary N) is 1. The predicted octanol–water partition coefficient (Wildman–Crippen LogP) is 2.93. The summed E-state index contributed by atoms with van der Waals surface area (Å²) in [5, 5.41) is 31.7. The lowest BCUT2D eigenvalue weighted by Crippen LogP contribution is -2.70. The number of thioether (sulfide) groups is 2. The van der Waals surface area contributed by atoms with Gasteiger partial charge in [0.15, 0.2) is 0 Å². The summed E-state index contributed by atoms with van der Waals surface area (Å²) < 4.78 is 4.94. The van der Waals surface area contributed by atoms with E-state index < -0.39 is 45.6 Å². The van der Waals surface area contributed by atoms with E-state index in [4.69, 9.17) is 4.74 Å². The maximum Gasteiger partial charge on any atom is 0.512 e. The van der Waals surface area contributed by atoms with Gasteiger partial charge in [-0.2, -0.15) is 0 Å². The quantitative estimate of drug-likeness (QED) is 0.139. The lowest BCUT2D eigenvalue weighted by Gasteiger charge is -2.49. The summed E-state index contributed by atoms with van der Waals surface area (Å²) in [6.07, 6.45) is -1.53. The highest BCUT2D eigenvalue weighted by atomic mass is 32.2. The van der Waals surface area contributed by atoms with Crippen molar-refractivity contribution in [3.05, 3.63) is 81.2 Å². The molecule has 37 heavy (non-hydrogen) atoms. The number of nitrogens with zero attached hydrogens (tertiary/aromatic N) is 2. The molecule has 0 saturated carbocycles. The second kappa shape index (κ2) is 10.9. The highest BCUT2D eigenvalue weighted by molar-refractivity contribution is 8.01. The summed E-state index contributed by atoms with van der Waals surface area (Å²) in [6.45, 7) is 0. The van der Waals surface area contributed by atoms with Gasteiger partial charge in [-0.05, 0) is 17.7 Å². The normalized spacial score (nSPS) is 18.5. The molecule has 2 aromatic carbocycles. The van der Waals surface area contributed by atoms with Gasteiger partial charge in [0.05, 0.1) is 11.3 Å². The van der Waals surface area contributed by atoms with Gasteiger partial charge in [-0.15, -0.1) is 23.5 Å². The zero-order valence-corrected chi connectivity index (χ0v) is 20.5. The van der Waals surface area contributed by atoms with E-state index in [1.807, 2.05) is 6.07 Å². The highest BCUT2D eigenvalue weighted by Gasteiger charge is 2.54. The second-order valence-corrected chi connectivity index (χ2v) is 10.1. The number of carbonyl (C=O) groups is 4. The summed E-state index contributed by atoms with van der Waals surface area (Å²) in [5.74, 6) is -2.04. The SMILES string of the molecule is O=C(Cc1ccccc1)N[C@@H]1C(=O)N2C(OC(=O)O)=C(CSc3ccc([N+](=O)[O-])c(C(=O)O)c3)CS[C@@H]12. The van der Waals surface area contributed by atoms with Crippen molar-refractivity contribution in [1.82, 2.24) is 10.2 Å². The molecule has 1 fully saturated rings. The molecule has 0 aliphatic carbocycles. The molecule has 0 spiro atoms. The number of benzene rings is 2. The monoisotopic (exact) mass is 545 g/mol. The molecule has 2 amide bonds. The molecule has 2 aromatic rings. The fraction of sp³-hybridized carbons (Fsp3) is 0.217. The number of hydrogen-bond acceptors (Lipinski definition) is 9.